The molecule has 1 aromatic carbocycles. The lowest BCUT2D eigenvalue weighted by molar-refractivity contribution is -0.137. The number of esters is 1. The Hall–Kier alpha value is -1.45. The van der Waals surface area contributed by atoms with Gasteiger partial charge in [0.25, 0.3) is 0 Å². The highest BCUT2D eigenvalue weighted by atomic mass is 79.9. The van der Waals surface area contributed by atoms with E-state index in [2.05, 4.69) is 36.2 Å². The number of methoxy groups -OCH3 is 1. The lowest BCUT2D eigenvalue weighted by atomic mass is 10.2. The first-order chi connectivity index (χ1) is 11.0. The molecule has 0 aliphatic heterocycles. The number of thioether (sulfide) groups is 1. The fraction of sp³-hybridized carbons (Fsp3) is 0.286. The van der Waals surface area contributed by atoms with E-state index in [4.69, 9.17) is 0 Å². The summed E-state index contributed by atoms with van der Waals surface area (Å²) in [5.74, 6) is -0.453. The van der Waals surface area contributed by atoms with Gasteiger partial charge in [0.1, 0.15) is 5.01 Å². The monoisotopic (exact) mass is 415 g/mol. The number of nitrogens with one attached hydrogen (secondary N) is 1. The van der Waals surface area contributed by atoms with E-state index < -0.39 is 5.25 Å². The second kappa shape index (κ2) is 8.42. The van der Waals surface area contributed by atoms with Crippen molar-refractivity contribution in [2.24, 2.45) is 0 Å². The van der Waals surface area contributed by atoms with Crippen molar-refractivity contribution in [3.8, 4) is 10.6 Å². The van der Waals surface area contributed by atoms with Crippen LogP contribution < -0.4 is 5.32 Å². The summed E-state index contributed by atoms with van der Waals surface area (Å²) in [6.07, 6.45) is 0. The van der Waals surface area contributed by atoms with Crippen LogP contribution in [-0.2, 0) is 14.3 Å². The molecule has 0 bridgehead atoms. The third-order valence-corrected chi connectivity index (χ3v) is 5.33. The van der Waals surface area contributed by atoms with Crippen LogP contribution in [0.3, 0.4) is 0 Å². The van der Waals surface area contributed by atoms with Crippen molar-refractivity contribution in [2.75, 3.05) is 18.2 Å². The van der Waals surface area contributed by atoms with E-state index >= 15 is 0 Å². The van der Waals surface area contributed by atoms with Gasteiger partial charge in [-0.05, 0) is 19.1 Å². The molecule has 122 valence electrons. The van der Waals surface area contributed by atoms with Gasteiger partial charge in [0.15, 0.2) is 0 Å². The lowest BCUT2D eigenvalue weighted by Crippen LogP contribution is -2.23. The van der Waals surface area contributed by atoms with E-state index in [0.29, 0.717) is 5.13 Å². The molecule has 1 atom stereocenters. The number of carbonyl (C=O) groups is 2. The summed E-state index contributed by atoms with van der Waals surface area (Å²) >= 11 is 5.88. The van der Waals surface area contributed by atoms with Crippen molar-refractivity contribution in [3.05, 3.63) is 28.7 Å². The Morgan fingerprint density at radius 2 is 2.04 bits per heavy atom. The van der Waals surface area contributed by atoms with Crippen LogP contribution in [0.4, 0.5) is 5.13 Å². The van der Waals surface area contributed by atoms with Gasteiger partial charge < -0.3 is 4.74 Å². The van der Waals surface area contributed by atoms with E-state index in [1.807, 2.05) is 24.3 Å². The van der Waals surface area contributed by atoms with Gasteiger partial charge in [0, 0.05) is 10.0 Å². The van der Waals surface area contributed by atoms with Crippen molar-refractivity contribution in [3.63, 3.8) is 0 Å². The topological polar surface area (TPSA) is 81.2 Å². The summed E-state index contributed by atoms with van der Waals surface area (Å²) in [5.41, 5.74) is 0.930. The van der Waals surface area contributed by atoms with Gasteiger partial charge in [0.2, 0.25) is 11.0 Å². The quantitative estimate of drug-likeness (QED) is 0.729. The average Bonchev–Trinajstić information content (AvgIpc) is 3.01. The summed E-state index contributed by atoms with van der Waals surface area (Å²) in [6, 6.07) is 7.68. The minimum Gasteiger partial charge on any atom is -0.468 e. The van der Waals surface area contributed by atoms with E-state index in [9.17, 15) is 9.59 Å². The van der Waals surface area contributed by atoms with Crippen LogP contribution in [0.25, 0.3) is 10.6 Å². The Labute approximate surface area is 150 Å². The molecule has 1 N–H and O–H groups in total. The molecule has 0 saturated carbocycles. The van der Waals surface area contributed by atoms with Crippen LogP contribution in [0.2, 0.25) is 0 Å². The van der Waals surface area contributed by atoms with Crippen molar-refractivity contribution in [2.45, 2.75) is 12.2 Å². The van der Waals surface area contributed by atoms with E-state index in [0.717, 1.165) is 15.0 Å². The number of anilines is 1. The maximum Gasteiger partial charge on any atom is 0.315 e. The number of benzene rings is 1. The Morgan fingerprint density at radius 1 is 1.35 bits per heavy atom. The molecule has 23 heavy (non-hydrogen) atoms. The molecule has 0 aliphatic carbocycles. The molecule has 0 unspecified atom stereocenters. The number of hydrogen-bond donors (Lipinski definition) is 1. The van der Waals surface area contributed by atoms with Gasteiger partial charge >= 0.3 is 5.97 Å². The van der Waals surface area contributed by atoms with Gasteiger partial charge in [-0.1, -0.05) is 39.4 Å². The summed E-state index contributed by atoms with van der Waals surface area (Å²) in [5, 5.41) is 11.5. The molecule has 1 aromatic heterocycles. The lowest BCUT2D eigenvalue weighted by Gasteiger charge is -2.08. The van der Waals surface area contributed by atoms with Crippen molar-refractivity contribution in [1.82, 2.24) is 10.2 Å². The van der Waals surface area contributed by atoms with Gasteiger partial charge in [-0.2, -0.15) is 0 Å². The zero-order valence-electron chi connectivity index (χ0n) is 12.4. The van der Waals surface area contributed by atoms with E-state index in [1.165, 1.54) is 30.2 Å². The van der Waals surface area contributed by atoms with Gasteiger partial charge in [-0.25, -0.2) is 0 Å². The Morgan fingerprint density at radius 3 is 2.70 bits per heavy atom. The van der Waals surface area contributed by atoms with Crippen LogP contribution in [-0.4, -0.2) is 40.2 Å². The minimum atomic E-state index is -0.394. The predicted molar refractivity (Wildman–Crippen MR) is 95.6 cm³/mol. The fourth-order valence-electron chi connectivity index (χ4n) is 1.52. The average molecular weight is 416 g/mol. The third-order valence-electron chi connectivity index (χ3n) is 2.79. The molecule has 2 aromatic rings. The zero-order chi connectivity index (χ0) is 16.8. The van der Waals surface area contributed by atoms with Crippen LogP contribution in [0.15, 0.2) is 28.7 Å². The highest BCUT2D eigenvalue weighted by Crippen LogP contribution is 2.27. The zero-order valence-corrected chi connectivity index (χ0v) is 15.6. The number of rotatable bonds is 6. The Kier molecular flexibility index (Phi) is 6.55. The maximum atomic E-state index is 12.1. The number of hydrogen-bond acceptors (Lipinski definition) is 7. The molecule has 6 nitrogen and oxygen atoms in total. The van der Waals surface area contributed by atoms with Crippen LogP contribution in [0.5, 0.6) is 0 Å². The molecule has 0 saturated heterocycles. The first-order valence-electron chi connectivity index (χ1n) is 6.58. The van der Waals surface area contributed by atoms with E-state index in [1.54, 1.807) is 6.92 Å². The molecule has 0 radical (unpaired) electrons. The van der Waals surface area contributed by atoms with Crippen molar-refractivity contribution < 1.29 is 14.3 Å². The first kappa shape index (κ1) is 17.9. The van der Waals surface area contributed by atoms with E-state index in [-0.39, 0.29) is 17.6 Å². The molecular formula is C14H14BrN3O3S2. The molecule has 0 fully saturated rings. The summed E-state index contributed by atoms with van der Waals surface area (Å²) < 4.78 is 5.53. The van der Waals surface area contributed by atoms with Gasteiger partial charge in [-0.15, -0.1) is 22.0 Å². The third kappa shape index (κ3) is 5.29. The largest absolute Gasteiger partial charge is 0.468 e. The number of halogens is 1. The number of ether oxygens (including phenoxy) is 1. The number of aromatic nitrogens is 2. The Bertz CT molecular complexity index is 691. The maximum absolute atomic E-state index is 12.1. The summed E-state index contributed by atoms with van der Waals surface area (Å²) in [6.45, 7) is 1.72. The molecule has 1 heterocycles. The fourth-order valence-corrected chi connectivity index (χ4v) is 3.25. The first-order valence-corrected chi connectivity index (χ1v) is 9.24. The van der Waals surface area contributed by atoms with Crippen molar-refractivity contribution in [1.29, 1.82) is 0 Å². The van der Waals surface area contributed by atoms with Crippen LogP contribution >= 0.6 is 39.0 Å². The molecular weight excluding hydrogens is 402 g/mol. The van der Waals surface area contributed by atoms with Crippen molar-refractivity contribution >= 4 is 56.0 Å². The molecule has 1 amide bonds. The second-order valence-corrected chi connectivity index (χ2v) is 7.66. The highest BCUT2D eigenvalue weighted by molar-refractivity contribution is 9.10. The summed E-state index contributed by atoms with van der Waals surface area (Å²) in [7, 11) is 1.32. The summed E-state index contributed by atoms with van der Waals surface area (Å²) in [4.78, 5) is 23.1. The molecule has 0 aliphatic rings. The number of amides is 1. The minimum absolute atomic E-state index is 0.130. The molecule has 2 rings (SSSR count). The molecule has 0 spiro atoms. The SMILES string of the molecule is COC(=O)CS[C@@H](C)C(=O)Nc1nnc(-c2ccc(Br)cc2)s1. The Balaban J connectivity index is 1.94. The molecule has 9 heteroatoms. The smallest absolute Gasteiger partial charge is 0.315 e. The predicted octanol–water partition coefficient (Wildman–Crippen LogP) is 3.20. The number of nitrogens with zero attached hydrogens (tertiary/aromatic N) is 2. The standard InChI is InChI=1S/C14H14BrN3O3S2/c1-8(22-7-11(19)21-2)12(20)16-14-18-17-13(23-14)9-3-5-10(15)6-4-9/h3-6,8H,7H2,1-2H3,(H,16,18,20)/t8-/m0/s1. The normalized spacial score (nSPS) is 11.8. The van der Waals surface area contributed by atoms with Gasteiger partial charge in [0.05, 0.1) is 18.1 Å². The second-order valence-electron chi connectivity index (χ2n) is 4.44. The van der Waals surface area contributed by atoms with Crippen LogP contribution in [0, 0.1) is 0 Å². The highest BCUT2D eigenvalue weighted by Gasteiger charge is 2.17. The van der Waals surface area contributed by atoms with Crippen LogP contribution in [0.1, 0.15) is 6.92 Å². The van der Waals surface area contributed by atoms with Gasteiger partial charge in [-0.3, -0.25) is 14.9 Å². The number of carbonyl (C=O) groups excluding carboxylic acids is 2.